The van der Waals surface area contributed by atoms with Gasteiger partial charge >= 0.3 is 0 Å². The van der Waals surface area contributed by atoms with E-state index in [1.165, 1.54) is 5.56 Å². The number of hydrogen-bond acceptors (Lipinski definition) is 3. The molecule has 5 heteroatoms. The van der Waals surface area contributed by atoms with Crippen molar-refractivity contribution < 1.29 is 4.74 Å². The van der Waals surface area contributed by atoms with Crippen LogP contribution in [0.5, 0.6) is 5.75 Å². The Balaban J connectivity index is 2.30. The van der Waals surface area contributed by atoms with E-state index in [1.54, 1.807) is 7.11 Å². The highest BCUT2D eigenvalue weighted by atomic mass is 79.9. The van der Waals surface area contributed by atoms with Gasteiger partial charge in [-0.1, -0.05) is 35.4 Å². The molecule has 2 rings (SSSR count). The number of rotatable bonds is 5. The molecular weight excluding hydrogens is 352 g/mol. The second-order valence-electron chi connectivity index (χ2n) is 4.91. The van der Waals surface area contributed by atoms with Crippen LogP contribution in [-0.4, -0.2) is 7.11 Å². The fourth-order valence-electron chi connectivity index (χ4n) is 2.29. The van der Waals surface area contributed by atoms with Gasteiger partial charge in [-0.25, -0.2) is 0 Å². The van der Waals surface area contributed by atoms with Crippen molar-refractivity contribution in [2.45, 2.75) is 19.4 Å². The molecule has 0 heterocycles. The van der Waals surface area contributed by atoms with Gasteiger partial charge in [0.25, 0.3) is 0 Å². The van der Waals surface area contributed by atoms with Crippen LogP contribution < -0.4 is 16.0 Å². The van der Waals surface area contributed by atoms with Gasteiger partial charge in [0.2, 0.25) is 0 Å². The Morgan fingerprint density at radius 3 is 2.67 bits per heavy atom. The highest BCUT2D eigenvalue weighted by Gasteiger charge is 2.15. The fourth-order valence-corrected chi connectivity index (χ4v) is 2.72. The highest BCUT2D eigenvalue weighted by Crippen LogP contribution is 2.29. The van der Waals surface area contributed by atoms with Crippen LogP contribution in [0.25, 0.3) is 0 Å². The van der Waals surface area contributed by atoms with Crippen LogP contribution in [0.1, 0.15) is 22.7 Å². The van der Waals surface area contributed by atoms with E-state index in [1.807, 2.05) is 30.3 Å². The molecule has 0 fully saturated rings. The summed E-state index contributed by atoms with van der Waals surface area (Å²) in [5.41, 5.74) is 6.19. The number of ether oxygens (including phenoxy) is 1. The summed E-state index contributed by atoms with van der Waals surface area (Å²) in [6.07, 6.45) is 0.722. The summed E-state index contributed by atoms with van der Waals surface area (Å²) in [7, 11) is 1.68. The second-order valence-corrected chi connectivity index (χ2v) is 6.17. The van der Waals surface area contributed by atoms with Crippen LogP contribution in [0, 0.1) is 6.92 Å². The van der Waals surface area contributed by atoms with Gasteiger partial charge in [-0.2, -0.15) is 0 Å². The monoisotopic (exact) mass is 368 g/mol. The molecule has 21 heavy (non-hydrogen) atoms. The summed E-state index contributed by atoms with van der Waals surface area (Å²) in [6, 6.07) is 11.9. The average molecular weight is 370 g/mol. The third-order valence-corrected chi connectivity index (χ3v) is 4.64. The standard InChI is InChI=1S/C16H18BrClN2O/c1-10-3-6-16(21-2)12(7-10)9-15(20-19)11-4-5-13(17)14(18)8-11/h3-8,15,20H,9,19H2,1-2H3. The second kappa shape index (κ2) is 7.27. The van der Waals surface area contributed by atoms with Crippen molar-refractivity contribution in [3.8, 4) is 5.75 Å². The summed E-state index contributed by atoms with van der Waals surface area (Å²) in [4.78, 5) is 0. The number of hydrogen-bond donors (Lipinski definition) is 2. The van der Waals surface area contributed by atoms with Gasteiger partial charge in [-0.05, 0) is 58.6 Å². The lowest BCUT2D eigenvalue weighted by Gasteiger charge is -2.19. The molecule has 2 aromatic carbocycles. The number of hydrazine groups is 1. The Morgan fingerprint density at radius 1 is 1.29 bits per heavy atom. The van der Waals surface area contributed by atoms with Gasteiger partial charge in [0.1, 0.15) is 5.75 Å². The molecule has 0 radical (unpaired) electrons. The molecule has 0 aliphatic carbocycles. The zero-order valence-corrected chi connectivity index (χ0v) is 14.3. The molecular formula is C16H18BrClN2O. The Labute approximate surface area is 138 Å². The maximum absolute atomic E-state index is 6.16. The average Bonchev–Trinajstić information content (AvgIpc) is 2.48. The van der Waals surface area contributed by atoms with Gasteiger partial charge in [0, 0.05) is 4.47 Å². The Hall–Kier alpha value is -1.07. The van der Waals surface area contributed by atoms with E-state index in [-0.39, 0.29) is 6.04 Å². The summed E-state index contributed by atoms with van der Waals surface area (Å²) in [5.74, 6) is 6.59. The third kappa shape index (κ3) is 3.98. The summed E-state index contributed by atoms with van der Waals surface area (Å²) in [5, 5.41) is 0.670. The maximum atomic E-state index is 6.16. The van der Waals surface area contributed by atoms with Crippen molar-refractivity contribution in [1.29, 1.82) is 0 Å². The Kier molecular flexibility index (Phi) is 5.65. The minimum Gasteiger partial charge on any atom is -0.496 e. The van der Waals surface area contributed by atoms with E-state index < -0.39 is 0 Å². The number of nitrogens with two attached hydrogens (primary N) is 1. The first-order valence-corrected chi connectivity index (χ1v) is 7.77. The number of aryl methyl sites for hydroxylation is 1. The molecule has 0 amide bonds. The molecule has 0 spiro atoms. The van der Waals surface area contributed by atoms with Crippen molar-refractivity contribution >= 4 is 27.5 Å². The number of benzene rings is 2. The lowest BCUT2D eigenvalue weighted by Crippen LogP contribution is -2.29. The molecule has 1 unspecified atom stereocenters. The first-order chi connectivity index (χ1) is 10.0. The van der Waals surface area contributed by atoms with Crippen LogP contribution in [-0.2, 0) is 6.42 Å². The zero-order chi connectivity index (χ0) is 15.4. The highest BCUT2D eigenvalue weighted by molar-refractivity contribution is 9.10. The van der Waals surface area contributed by atoms with Gasteiger partial charge in [-0.3, -0.25) is 11.3 Å². The topological polar surface area (TPSA) is 47.3 Å². The van der Waals surface area contributed by atoms with Crippen LogP contribution in [0.4, 0.5) is 0 Å². The molecule has 112 valence electrons. The number of halogens is 2. The van der Waals surface area contributed by atoms with Crippen molar-refractivity contribution in [3.63, 3.8) is 0 Å². The first kappa shape index (κ1) is 16.3. The normalized spacial score (nSPS) is 12.2. The van der Waals surface area contributed by atoms with Crippen molar-refractivity contribution in [2.24, 2.45) is 5.84 Å². The smallest absolute Gasteiger partial charge is 0.122 e. The minimum absolute atomic E-state index is 0.0358. The van der Waals surface area contributed by atoms with Crippen molar-refractivity contribution in [1.82, 2.24) is 5.43 Å². The first-order valence-electron chi connectivity index (χ1n) is 6.59. The molecule has 0 saturated carbocycles. The van der Waals surface area contributed by atoms with E-state index in [9.17, 15) is 0 Å². The molecule has 0 aliphatic heterocycles. The van der Waals surface area contributed by atoms with E-state index >= 15 is 0 Å². The lowest BCUT2D eigenvalue weighted by atomic mass is 9.97. The molecule has 2 aromatic rings. The van der Waals surface area contributed by atoms with Crippen LogP contribution in [0.3, 0.4) is 0 Å². The largest absolute Gasteiger partial charge is 0.496 e. The van der Waals surface area contributed by atoms with Gasteiger partial charge < -0.3 is 4.74 Å². The predicted octanol–water partition coefficient (Wildman–Crippen LogP) is 4.17. The minimum atomic E-state index is -0.0358. The van der Waals surface area contributed by atoms with E-state index in [4.69, 9.17) is 22.2 Å². The molecule has 3 N–H and O–H groups in total. The molecule has 0 aromatic heterocycles. The number of methoxy groups -OCH3 is 1. The lowest BCUT2D eigenvalue weighted by molar-refractivity contribution is 0.405. The van der Waals surface area contributed by atoms with Crippen molar-refractivity contribution in [3.05, 3.63) is 62.6 Å². The van der Waals surface area contributed by atoms with Crippen LogP contribution in [0.15, 0.2) is 40.9 Å². The van der Waals surface area contributed by atoms with E-state index in [0.717, 1.165) is 27.8 Å². The number of nitrogens with one attached hydrogen (secondary N) is 1. The van der Waals surface area contributed by atoms with Crippen LogP contribution in [0.2, 0.25) is 5.02 Å². The summed E-state index contributed by atoms with van der Waals surface area (Å²) >= 11 is 9.56. The Bertz CT molecular complexity index is 634. The quantitative estimate of drug-likeness (QED) is 0.614. The SMILES string of the molecule is COc1ccc(C)cc1CC(NN)c1ccc(Br)c(Cl)c1. The van der Waals surface area contributed by atoms with Crippen LogP contribution >= 0.6 is 27.5 Å². The molecule has 0 aliphatic rings. The van der Waals surface area contributed by atoms with E-state index in [2.05, 4.69) is 34.3 Å². The summed E-state index contributed by atoms with van der Waals surface area (Å²) in [6.45, 7) is 2.06. The molecule has 1 atom stereocenters. The van der Waals surface area contributed by atoms with E-state index in [0.29, 0.717) is 5.02 Å². The fraction of sp³-hybridized carbons (Fsp3) is 0.250. The molecule has 0 bridgehead atoms. The summed E-state index contributed by atoms with van der Waals surface area (Å²) < 4.78 is 6.29. The predicted molar refractivity (Wildman–Crippen MR) is 90.7 cm³/mol. The van der Waals surface area contributed by atoms with Gasteiger partial charge in [0.15, 0.2) is 0 Å². The zero-order valence-electron chi connectivity index (χ0n) is 12.0. The van der Waals surface area contributed by atoms with Crippen molar-refractivity contribution in [2.75, 3.05) is 7.11 Å². The maximum Gasteiger partial charge on any atom is 0.122 e. The third-order valence-electron chi connectivity index (χ3n) is 3.41. The molecule has 0 saturated heterocycles. The van der Waals surface area contributed by atoms with Gasteiger partial charge in [-0.15, -0.1) is 0 Å². The Morgan fingerprint density at radius 2 is 2.05 bits per heavy atom. The van der Waals surface area contributed by atoms with Gasteiger partial charge in [0.05, 0.1) is 18.2 Å². The molecule has 3 nitrogen and oxygen atoms in total.